The molecule has 24 heavy (non-hydrogen) atoms. The van der Waals surface area contributed by atoms with E-state index in [2.05, 4.69) is 5.32 Å². The van der Waals surface area contributed by atoms with Crippen molar-refractivity contribution in [1.82, 2.24) is 0 Å². The summed E-state index contributed by atoms with van der Waals surface area (Å²) in [6, 6.07) is 13.9. The molecule has 1 N–H and O–H groups in total. The van der Waals surface area contributed by atoms with Gasteiger partial charge in [-0.15, -0.1) is 0 Å². The number of rotatable bonds is 6. The van der Waals surface area contributed by atoms with Crippen LogP contribution in [0.4, 0.5) is 5.69 Å². The Morgan fingerprint density at radius 1 is 1.12 bits per heavy atom. The van der Waals surface area contributed by atoms with Gasteiger partial charge in [0.15, 0.2) is 6.10 Å². The highest BCUT2D eigenvalue weighted by molar-refractivity contribution is 6.30. The third-order valence-corrected chi connectivity index (χ3v) is 3.56. The van der Waals surface area contributed by atoms with E-state index in [0.29, 0.717) is 16.5 Å². The predicted molar refractivity (Wildman–Crippen MR) is 92.3 cm³/mol. The zero-order valence-corrected chi connectivity index (χ0v) is 14.2. The van der Waals surface area contributed by atoms with Crippen molar-refractivity contribution in [2.45, 2.75) is 19.4 Å². The molecule has 0 saturated heterocycles. The van der Waals surface area contributed by atoms with E-state index in [0.717, 1.165) is 5.56 Å². The van der Waals surface area contributed by atoms with E-state index in [4.69, 9.17) is 21.1 Å². The third-order valence-electron chi connectivity index (χ3n) is 3.30. The van der Waals surface area contributed by atoms with E-state index in [1.54, 1.807) is 48.5 Å². The molecule has 5 nitrogen and oxygen atoms in total. The number of methoxy groups -OCH3 is 1. The number of carbonyl (C=O) groups excluding carboxylic acids is 2. The van der Waals surface area contributed by atoms with Gasteiger partial charge >= 0.3 is 5.97 Å². The molecule has 1 amide bonds. The Kier molecular flexibility index (Phi) is 6.21. The average Bonchev–Trinajstić information content (AvgIpc) is 2.57. The minimum Gasteiger partial charge on any atom is -0.495 e. The van der Waals surface area contributed by atoms with Gasteiger partial charge in [0.25, 0.3) is 5.91 Å². The second-order valence-corrected chi connectivity index (χ2v) is 5.56. The lowest BCUT2D eigenvalue weighted by molar-refractivity contribution is -0.152. The van der Waals surface area contributed by atoms with Gasteiger partial charge in [-0.2, -0.15) is 0 Å². The molecule has 0 fully saturated rings. The van der Waals surface area contributed by atoms with Crippen LogP contribution in [-0.2, 0) is 20.7 Å². The Morgan fingerprint density at radius 2 is 1.79 bits per heavy atom. The fourth-order valence-electron chi connectivity index (χ4n) is 2.04. The molecule has 0 radical (unpaired) electrons. The Labute approximate surface area is 145 Å². The number of para-hydroxylation sites is 2. The molecule has 0 bridgehead atoms. The van der Waals surface area contributed by atoms with Crippen LogP contribution in [0.3, 0.4) is 0 Å². The fourth-order valence-corrected chi connectivity index (χ4v) is 2.17. The molecule has 0 saturated carbocycles. The summed E-state index contributed by atoms with van der Waals surface area (Å²) in [6.45, 7) is 1.52. The zero-order valence-electron chi connectivity index (χ0n) is 13.4. The average molecular weight is 348 g/mol. The van der Waals surface area contributed by atoms with E-state index >= 15 is 0 Å². The lowest BCUT2D eigenvalue weighted by Gasteiger charge is -2.15. The predicted octanol–water partition coefficient (Wildman–Crippen LogP) is 3.46. The topological polar surface area (TPSA) is 64.6 Å². The van der Waals surface area contributed by atoms with Crippen molar-refractivity contribution in [1.29, 1.82) is 0 Å². The molecule has 0 aliphatic rings. The van der Waals surface area contributed by atoms with Crippen molar-refractivity contribution >= 4 is 29.2 Å². The SMILES string of the molecule is COc1ccccc1NC(=O)[C@@H](C)OC(=O)Cc1ccc(Cl)cc1. The molecule has 0 unspecified atom stereocenters. The smallest absolute Gasteiger partial charge is 0.311 e. The number of amides is 1. The minimum absolute atomic E-state index is 0.0729. The Hall–Kier alpha value is -2.53. The number of halogens is 1. The number of benzene rings is 2. The first-order chi connectivity index (χ1) is 11.5. The fraction of sp³-hybridized carbons (Fsp3) is 0.222. The Morgan fingerprint density at radius 3 is 2.46 bits per heavy atom. The van der Waals surface area contributed by atoms with E-state index in [-0.39, 0.29) is 6.42 Å². The van der Waals surface area contributed by atoms with Crippen LogP contribution in [0.15, 0.2) is 48.5 Å². The normalized spacial score (nSPS) is 11.5. The molecule has 126 valence electrons. The van der Waals surface area contributed by atoms with Crippen LogP contribution in [0.25, 0.3) is 0 Å². The largest absolute Gasteiger partial charge is 0.495 e. The van der Waals surface area contributed by atoms with Gasteiger partial charge < -0.3 is 14.8 Å². The highest BCUT2D eigenvalue weighted by Crippen LogP contribution is 2.23. The van der Waals surface area contributed by atoms with Gasteiger partial charge in [0, 0.05) is 5.02 Å². The Balaban J connectivity index is 1.91. The van der Waals surface area contributed by atoms with Crippen LogP contribution in [0.2, 0.25) is 5.02 Å². The van der Waals surface area contributed by atoms with Crippen molar-refractivity contribution in [3.63, 3.8) is 0 Å². The third kappa shape index (κ3) is 4.99. The van der Waals surface area contributed by atoms with Gasteiger partial charge in [0.2, 0.25) is 0 Å². The van der Waals surface area contributed by atoms with Crippen molar-refractivity contribution in [2.24, 2.45) is 0 Å². The highest BCUT2D eigenvalue weighted by atomic mass is 35.5. The van der Waals surface area contributed by atoms with E-state index < -0.39 is 18.0 Å². The summed E-state index contributed by atoms with van der Waals surface area (Å²) >= 11 is 5.80. The number of ether oxygens (including phenoxy) is 2. The lowest BCUT2D eigenvalue weighted by atomic mass is 10.1. The molecule has 2 aromatic carbocycles. The second-order valence-electron chi connectivity index (χ2n) is 5.12. The number of hydrogen-bond acceptors (Lipinski definition) is 4. The van der Waals surface area contributed by atoms with Crippen LogP contribution in [0.5, 0.6) is 5.75 Å². The molecular weight excluding hydrogens is 330 g/mol. The summed E-state index contributed by atoms with van der Waals surface area (Å²) in [6.07, 6.45) is -0.849. The molecule has 0 heterocycles. The Bertz CT molecular complexity index is 715. The molecule has 0 aromatic heterocycles. The number of nitrogens with one attached hydrogen (secondary N) is 1. The van der Waals surface area contributed by atoms with Gasteiger partial charge in [-0.05, 0) is 36.8 Å². The maximum Gasteiger partial charge on any atom is 0.311 e. The molecule has 2 aromatic rings. The first-order valence-corrected chi connectivity index (χ1v) is 7.75. The summed E-state index contributed by atoms with van der Waals surface area (Å²) in [5, 5.41) is 3.27. The van der Waals surface area contributed by atoms with E-state index in [9.17, 15) is 9.59 Å². The molecule has 1 atom stereocenters. The van der Waals surface area contributed by atoms with E-state index in [1.165, 1.54) is 14.0 Å². The summed E-state index contributed by atoms with van der Waals surface area (Å²) < 4.78 is 10.3. The molecule has 0 aliphatic heterocycles. The number of carbonyl (C=O) groups is 2. The standard InChI is InChI=1S/C18H18ClNO4/c1-12(18(22)20-15-5-3-4-6-16(15)23-2)24-17(21)11-13-7-9-14(19)10-8-13/h3-10,12H,11H2,1-2H3,(H,20,22)/t12-/m1/s1. The highest BCUT2D eigenvalue weighted by Gasteiger charge is 2.19. The molecule has 0 aliphatic carbocycles. The van der Waals surface area contributed by atoms with Crippen LogP contribution < -0.4 is 10.1 Å². The van der Waals surface area contributed by atoms with Crippen molar-refractivity contribution in [3.05, 3.63) is 59.1 Å². The second kappa shape index (κ2) is 8.36. The molecule has 6 heteroatoms. The van der Waals surface area contributed by atoms with Crippen LogP contribution in [0, 0.1) is 0 Å². The number of anilines is 1. The zero-order chi connectivity index (χ0) is 17.5. The number of hydrogen-bond donors (Lipinski definition) is 1. The van der Waals surface area contributed by atoms with Crippen molar-refractivity contribution in [3.8, 4) is 5.75 Å². The lowest BCUT2D eigenvalue weighted by Crippen LogP contribution is -2.30. The maximum absolute atomic E-state index is 12.2. The van der Waals surface area contributed by atoms with Gasteiger partial charge in [0.05, 0.1) is 19.2 Å². The van der Waals surface area contributed by atoms with Crippen molar-refractivity contribution in [2.75, 3.05) is 12.4 Å². The van der Waals surface area contributed by atoms with Gasteiger partial charge in [-0.1, -0.05) is 35.9 Å². The quantitative estimate of drug-likeness (QED) is 0.813. The van der Waals surface area contributed by atoms with Crippen LogP contribution in [0.1, 0.15) is 12.5 Å². The first kappa shape index (κ1) is 17.8. The van der Waals surface area contributed by atoms with Crippen molar-refractivity contribution < 1.29 is 19.1 Å². The maximum atomic E-state index is 12.2. The van der Waals surface area contributed by atoms with Gasteiger partial charge in [-0.25, -0.2) is 0 Å². The summed E-state index contributed by atoms with van der Waals surface area (Å²) in [5.74, 6) is -0.380. The number of esters is 1. The molecule has 0 spiro atoms. The summed E-state index contributed by atoms with van der Waals surface area (Å²) in [5.41, 5.74) is 1.28. The van der Waals surface area contributed by atoms with Gasteiger partial charge in [-0.3, -0.25) is 9.59 Å². The summed E-state index contributed by atoms with van der Waals surface area (Å²) in [7, 11) is 1.51. The van der Waals surface area contributed by atoms with Crippen LogP contribution >= 0.6 is 11.6 Å². The molecule has 2 rings (SSSR count). The van der Waals surface area contributed by atoms with E-state index in [1.807, 2.05) is 0 Å². The first-order valence-electron chi connectivity index (χ1n) is 7.37. The summed E-state index contributed by atoms with van der Waals surface area (Å²) in [4.78, 5) is 24.1. The van der Waals surface area contributed by atoms with Crippen LogP contribution in [-0.4, -0.2) is 25.1 Å². The monoisotopic (exact) mass is 347 g/mol. The molecular formula is C18H18ClNO4. The van der Waals surface area contributed by atoms with Gasteiger partial charge in [0.1, 0.15) is 5.75 Å². The minimum atomic E-state index is -0.922.